The summed E-state index contributed by atoms with van der Waals surface area (Å²) in [5.41, 5.74) is 2.39. The maximum Gasteiger partial charge on any atom is 0.257 e. The number of benzene rings is 1. The van der Waals surface area contributed by atoms with Gasteiger partial charge in [0, 0.05) is 32.3 Å². The summed E-state index contributed by atoms with van der Waals surface area (Å²) in [4.78, 5) is 38.7. The molecular formula is C25H32N4O3. The van der Waals surface area contributed by atoms with E-state index in [4.69, 9.17) is 4.74 Å². The van der Waals surface area contributed by atoms with Crippen LogP contribution in [0.25, 0.3) is 0 Å². The number of hydrogen-bond acceptors (Lipinski definition) is 5. The molecule has 0 radical (unpaired) electrons. The van der Waals surface area contributed by atoms with Crippen molar-refractivity contribution in [2.75, 3.05) is 26.2 Å². The highest BCUT2D eigenvalue weighted by molar-refractivity contribution is 5.95. The van der Waals surface area contributed by atoms with Gasteiger partial charge in [-0.25, -0.2) is 9.97 Å². The predicted molar refractivity (Wildman–Crippen MR) is 122 cm³/mol. The molecular weight excluding hydrogens is 404 g/mol. The first-order chi connectivity index (χ1) is 15.6. The fraction of sp³-hybridized carbons (Fsp3) is 0.520. The van der Waals surface area contributed by atoms with E-state index < -0.39 is 0 Å². The predicted octanol–water partition coefficient (Wildman–Crippen LogP) is 3.72. The number of nitrogens with zero attached hydrogens (tertiary/aromatic N) is 4. The number of rotatable bonds is 7. The van der Waals surface area contributed by atoms with Crippen LogP contribution in [0.5, 0.6) is 5.75 Å². The Morgan fingerprint density at radius 2 is 1.84 bits per heavy atom. The Hall–Kier alpha value is -2.96. The zero-order chi connectivity index (χ0) is 22.5. The number of carbonyl (C=O) groups excluding carboxylic acids is 2. The molecule has 4 rings (SSSR count). The fourth-order valence-electron chi connectivity index (χ4n) is 4.59. The largest absolute Gasteiger partial charge is 0.494 e. The summed E-state index contributed by atoms with van der Waals surface area (Å²) in [6.45, 7) is 6.80. The van der Waals surface area contributed by atoms with Gasteiger partial charge in [0.05, 0.1) is 23.9 Å². The highest BCUT2D eigenvalue weighted by Gasteiger charge is 2.32. The molecule has 1 aromatic carbocycles. The van der Waals surface area contributed by atoms with Crippen LogP contribution in [-0.4, -0.2) is 57.8 Å². The highest BCUT2D eigenvalue weighted by Crippen LogP contribution is 2.31. The average Bonchev–Trinajstić information content (AvgIpc) is 3.50. The first kappa shape index (κ1) is 22.2. The van der Waals surface area contributed by atoms with Crippen molar-refractivity contribution in [2.24, 2.45) is 0 Å². The van der Waals surface area contributed by atoms with Gasteiger partial charge in [-0.3, -0.25) is 9.59 Å². The molecule has 2 aliphatic heterocycles. The van der Waals surface area contributed by atoms with E-state index in [1.807, 2.05) is 47.9 Å². The molecule has 3 heterocycles. The third kappa shape index (κ3) is 4.92. The van der Waals surface area contributed by atoms with Gasteiger partial charge in [0.2, 0.25) is 5.91 Å². The lowest BCUT2D eigenvalue weighted by Crippen LogP contribution is -2.32. The normalized spacial score (nSPS) is 18.2. The highest BCUT2D eigenvalue weighted by atomic mass is 16.5. The summed E-state index contributed by atoms with van der Waals surface area (Å²) in [6.07, 6.45) is 6.70. The van der Waals surface area contributed by atoms with E-state index in [1.54, 1.807) is 6.20 Å². The molecule has 7 heteroatoms. The van der Waals surface area contributed by atoms with E-state index in [2.05, 4.69) is 9.97 Å². The number of likely N-dealkylation sites (tertiary alicyclic amines) is 2. The van der Waals surface area contributed by atoms with Crippen LogP contribution in [0.4, 0.5) is 0 Å². The number of amides is 2. The van der Waals surface area contributed by atoms with Gasteiger partial charge in [-0.2, -0.15) is 0 Å². The molecule has 2 aromatic rings. The number of aryl methyl sites for hydroxylation is 2. The second-order valence-electron chi connectivity index (χ2n) is 8.55. The van der Waals surface area contributed by atoms with E-state index in [-0.39, 0.29) is 17.9 Å². The van der Waals surface area contributed by atoms with Gasteiger partial charge in [-0.15, -0.1) is 0 Å². The van der Waals surface area contributed by atoms with E-state index in [9.17, 15) is 9.59 Å². The summed E-state index contributed by atoms with van der Waals surface area (Å²) >= 11 is 0. The Balaban J connectivity index is 1.39. The molecule has 0 aliphatic carbocycles. The van der Waals surface area contributed by atoms with E-state index >= 15 is 0 Å². The minimum Gasteiger partial charge on any atom is -0.494 e. The number of hydrogen-bond donors (Lipinski definition) is 0. The molecule has 0 unspecified atom stereocenters. The molecule has 0 N–H and O–H groups in total. The van der Waals surface area contributed by atoms with Crippen molar-refractivity contribution in [1.29, 1.82) is 0 Å². The number of aromatic nitrogens is 2. The van der Waals surface area contributed by atoms with Crippen molar-refractivity contribution in [3.8, 4) is 5.75 Å². The standard InChI is InChI=1S/C25H32N4O3/c1-3-32-20-11-8-19(9-12-20)10-13-23(30)29-16-6-7-22(29)24-26-17-21(18(2)27-24)25(31)28-14-4-5-15-28/h8-9,11-12,17,22H,3-7,10,13-16H2,1-2H3/t22-/m0/s1. The minimum absolute atomic E-state index is 0.0151. The van der Waals surface area contributed by atoms with Crippen LogP contribution in [0.2, 0.25) is 0 Å². The first-order valence-corrected chi connectivity index (χ1v) is 11.7. The van der Waals surface area contributed by atoms with E-state index in [1.165, 1.54) is 0 Å². The van der Waals surface area contributed by atoms with Gasteiger partial charge in [0.1, 0.15) is 5.75 Å². The monoisotopic (exact) mass is 436 g/mol. The SMILES string of the molecule is CCOc1ccc(CCC(=O)N2CCC[C@H]2c2ncc(C(=O)N3CCCC3)c(C)n2)cc1. The van der Waals surface area contributed by atoms with Crippen molar-refractivity contribution < 1.29 is 14.3 Å². The molecule has 1 aromatic heterocycles. The lowest BCUT2D eigenvalue weighted by Gasteiger charge is -2.24. The zero-order valence-electron chi connectivity index (χ0n) is 19.0. The second kappa shape index (κ2) is 10.1. The van der Waals surface area contributed by atoms with Gasteiger partial charge in [0.15, 0.2) is 5.82 Å². The average molecular weight is 437 g/mol. The van der Waals surface area contributed by atoms with Crippen LogP contribution in [-0.2, 0) is 11.2 Å². The first-order valence-electron chi connectivity index (χ1n) is 11.7. The summed E-state index contributed by atoms with van der Waals surface area (Å²) in [5, 5.41) is 0. The summed E-state index contributed by atoms with van der Waals surface area (Å²) in [6, 6.07) is 7.81. The van der Waals surface area contributed by atoms with Crippen LogP contribution in [0.1, 0.15) is 72.5 Å². The van der Waals surface area contributed by atoms with E-state index in [0.717, 1.165) is 56.6 Å². The Morgan fingerprint density at radius 1 is 1.09 bits per heavy atom. The van der Waals surface area contributed by atoms with E-state index in [0.29, 0.717) is 36.5 Å². The van der Waals surface area contributed by atoms with Crippen LogP contribution < -0.4 is 4.74 Å². The van der Waals surface area contributed by atoms with Gasteiger partial charge in [-0.05, 0) is 63.6 Å². The van der Waals surface area contributed by atoms with Crippen molar-refractivity contribution in [3.05, 3.63) is 53.1 Å². The third-order valence-corrected chi connectivity index (χ3v) is 6.35. The number of ether oxygens (including phenoxy) is 1. The number of carbonyl (C=O) groups is 2. The van der Waals surface area contributed by atoms with Gasteiger partial charge in [0.25, 0.3) is 5.91 Å². The lowest BCUT2D eigenvalue weighted by molar-refractivity contribution is -0.132. The Kier molecular flexibility index (Phi) is 7.02. The lowest BCUT2D eigenvalue weighted by atomic mass is 10.1. The molecule has 2 amide bonds. The third-order valence-electron chi connectivity index (χ3n) is 6.35. The van der Waals surface area contributed by atoms with Crippen LogP contribution in [0.3, 0.4) is 0 Å². The van der Waals surface area contributed by atoms with Crippen LogP contribution in [0, 0.1) is 6.92 Å². The van der Waals surface area contributed by atoms with Crippen molar-refractivity contribution in [2.45, 2.75) is 58.4 Å². The van der Waals surface area contributed by atoms with Crippen molar-refractivity contribution in [3.63, 3.8) is 0 Å². The van der Waals surface area contributed by atoms with Gasteiger partial charge < -0.3 is 14.5 Å². The Labute approximate surface area is 189 Å². The molecule has 1 atom stereocenters. The molecule has 2 fully saturated rings. The topological polar surface area (TPSA) is 75.6 Å². The maximum absolute atomic E-state index is 13.0. The summed E-state index contributed by atoms with van der Waals surface area (Å²) < 4.78 is 5.48. The molecule has 0 bridgehead atoms. The fourth-order valence-corrected chi connectivity index (χ4v) is 4.59. The molecule has 2 aliphatic rings. The summed E-state index contributed by atoms with van der Waals surface area (Å²) in [7, 11) is 0. The summed E-state index contributed by atoms with van der Waals surface area (Å²) in [5.74, 6) is 1.63. The molecule has 0 saturated carbocycles. The Morgan fingerprint density at radius 3 is 2.53 bits per heavy atom. The smallest absolute Gasteiger partial charge is 0.257 e. The van der Waals surface area contributed by atoms with Gasteiger partial charge >= 0.3 is 0 Å². The van der Waals surface area contributed by atoms with Crippen LogP contribution in [0.15, 0.2) is 30.5 Å². The molecule has 7 nitrogen and oxygen atoms in total. The molecule has 32 heavy (non-hydrogen) atoms. The molecule has 2 saturated heterocycles. The quantitative estimate of drug-likeness (QED) is 0.661. The maximum atomic E-state index is 13.0. The van der Waals surface area contributed by atoms with Crippen LogP contribution >= 0.6 is 0 Å². The molecule has 170 valence electrons. The zero-order valence-corrected chi connectivity index (χ0v) is 19.0. The Bertz CT molecular complexity index is 954. The van der Waals surface area contributed by atoms with Crippen molar-refractivity contribution >= 4 is 11.8 Å². The minimum atomic E-state index is -0.113. The van der Waals surface area contributed by atoms with Crippen molar-refractivity contribution in [1.82, 2.24) is 19.8 Å². The second-order valence-corrected chi connectivity index (χ2v) is 8.55. The van der Waals surface area contributed by atoms with Gasteiger partial charge in [-0.1, -0.05) is 12.1 Å². The molecule has 0 spiro atoms.